The number of ether oxygens (including phenoxy) is 2. The summed E-state index contributed by atoms with van der Waals surface area (Å²) in [5.41, 5.74) is 1.20. The normalized spacial score (nSPS) is 11.9. The Kier molecular flexibility index (Phi) is 13.2. The largest absolute Gasteiger partial charge is 0.493 e. The summed E-state index contributed by atoms with van der Waals surface area (Å²) in [6.45, 7) is 14.9. The van der Waals surface area contributed by atoms with Gasteiger partial charge >= 0.3 is 12.1 Å². The molecular weight excluding hydrogens is 610 g/mol. The topological polar surface area (TPSA) is 155 Å². The summed E-state index contributed by atoms with van der Waals surface area (Å²) >= 11 is 0. The van der Waals surface area contributed by atoms with Gasteiger partial charge in [0.25, 0.3) is 5.56 Å². The first-order valence-corrected chi connectivity index (χ1v) is 16.1. The van der Waals surface area contributed by atoms with Gasteiger partial charge in [0, 0.05) is 5.56 Å². The number of nitrogens with one attached hydrogen (secondary N) is 1. The number of carbonyl (C=O) groups is 2. The lowest BCUT2D eigenvalue weighted by molar-refractivity contribution is 0.0429. The summed E-state index contributed by atoms with van der Waals surface area (Å²) in [6, 6.07) is 16.0. The number of allylic oxidation sites excluding steroid dienone is 1. The molecule has 1 aromatic heterocycles. The molecule has 0 saturated carbocycles. The molecule has 0 spiro atoms. The van der Waals surface area contributed by atoms with Crippen LogP contribution in [0.4, 0.5) is 16.2 Å². The first-order chi connectivity index (χ1) is 22.8. The van der Waals surface area contributed by atoms with Crippen LogP contribution in [0.25, 0.3) is 5.57 Å². The Bertz CT molecular complexity index is 1770. The van der Waals surface area contributed by atoms with Crippen molar-refractivity contribution >= 4 is 29.0 Å². The van der Waals surface area contributed by atoms with Crippen molar-refractivity contribution in [2.75, 3.05) is 13.2 Å². The maximum atomic E-state index is 13.1. The summed E-state index contributed by atoms with van der Waals surface area (Å²) in [4.78, 5) is 38.8. The minimum Gasteiger partial charge on any atom is -0.493 e. The van der Waals surface area contributed by atoms with Crippen LogP contribution in [0.1, 0.15) is 92.9 Å². The lowest BCUT2D eigenvalue weighted by Crippen LogP contribution is -2.41. The molecule has 48 heavy (non-hydrogen) atoms. The zero-order valence-corrected chi connectivity index (χ0v) is 28.6. The quantitative estimate of drug-likeness (QED) is 0.123. The number of aromatic nitrogens is 1. The van der Waals surface area contributed by atoms with Crippen LogP contribution in [-0.2, 0) is 21.6 Å². The monoisotopic (exact) mass is 655 g/mol. The molecule has 0 radical (unpaired) electrons. The van der Waals surface area contributed by atoms with Gasteiger partial charge in [0.1, 0.15) is 23.9 Å². The highest BCUT2D eigenvalue weighted by atomic mass is 16.5. The van der Waals surface area contributed by atoms with Crippen LogP contribution in [-0.4, -0.2) is 34.9 Å². The number of hydrogen-bond acceptors (Lipinski definition) is 9. The molecule has 1 amide bonds. The predicted octanol–water partition coefficient (Wildman–Crippen LogP) is 8.22. The average Bonchev–Trinajstić information content (AvgIpc) is 3.06. The standard InChI is InChI=1S/C37H45N5O6/c1-8-10-14-26(9-2)23-48-35(45)29-17-11-12-18-31(29)40-41-32-25(5)30(22-38)33(43)42(34(32)44)19-20-47-36(46)39-37(6,7)28-16-13-15-27(21-28)24(3)4/h11-13,15-18,21,26,44H,3,8-10,14,19-20,23H2,1-2,4-7H3,(H,39,46)/b41-40+. The Morgan fingerprint density at radius 3 is 2.52 bits per heavy atom. The van der Waals surface area contributed by atoms with Gasteiger partial charge in [0.15, 0.2) is 5.69 Å². The summed E-state index contributed by atoms with van der Waals surface area (Å²) in [5, 5.41) is 32.0. The van der Waals surface area contributed by atoms with Crippen LogP contribution in [0.5, 0.6) is 5.88 Å². The van der Waals surface area contributed by atoms with E-state index in [4.69, 9.17) is 9.47 Å². The molecule has 1 atom stereocenters. The fourth-order valence-corrected chi connectivity index (χ4v) is 5.04. The molecule has 0 aliphatic heterocycles. The molecular formula is C37H45N5O6. The number of aromatic hydroxyl groups is 1. The molecule has 2 N–H and O–H groups in total. The van der Waals surface area contributed by atoms with Gasteiger partial charge < -0.3 is 19.9 Å². The molecule has 2 aromatic carbocycles. The Morgan fingerprint density at radius 1 is 1.12 bits per heavy atom. The van der Waals surface area contributed by atoms with E-state index in [0.717, 1.165) is 47.0 Å². The van der Waals surface area contributed by atoms with Crippen molar-refractivity contribution in [1.29, 1.82) is 5.26 Å². The Hall–Kier alpha value is -5.24. The van der Waals surface area contributed by atoms with Crippen LogP contribution in [0.3, 0.4) is 0 Å². The summed E-state index contributed by atoms with van der Waals surface area (Å²) < 4.78 is 11.8. The average molecular weight is 656 g/mol. The van der Waals surface area contributed by atoms with Gasteiger partial charge in [-0.05, 0) is 69.4 Å². The van der Waals surface area contributed by atoms with E-state index in [1.165, 1.54) is 6.92 Å². The SMILES string of the molecule is C=C(C)c1cccc(C(C)(C)NC(=O)OCCn2c(O)c(/N=N/c3ccccc3C(=O)OCC(CC)CCCC)c(C)c(C#N)c2=O)c1. The lowest BCUT2D eigenvalue weighted by Gasteiger charge is -2.27. The second kappa shape index (κ2) is 17.1. The number of rotatable bonds is 15. The number of hydrogen-bond donors (Lipinski definition) is 2. The Labute approximate surface area is 281 Å². The Balaban J connectivity index is 1.79. The number of nitriles is 1. The van der Waals surface area contributed by atoms with Crippen LogP contribution in [0.2, 0.25) is 0 Å². The van der Waals surface area contributed by atoms with Gasteiger partial charge in [0.05, 0.1) is 24.3 Å². The lowest BCUT2D eigenvalue weighted by atomic mass is 9.92. The summed E-state index contributed by atoms with van der Waals surface area (Å²) in [6.07, 6.45) is 3.24. The van der Waals surface area contributed by atoms with Crippen LogP contribution >= 0.6 is 0 Å². The molecule has 3 aromatic rings. The number of azo groups is 1. The zero-order chi connectivity index (χ0) is 35.4. The van der Waals surface area contributed by atoms with Crippen molar-refractivity contribution < 1.29 is 24.2 Å². The smallest absolute Gasteiger partial charge is 0.407 e. The summed E-state index contributed by atoms with van der Waals surface area (Å²) in [5.74, 6) is -0.860. The third-order valence-corrected chi connectivity index (χ3v) is 8.18. The minimum atomic E-state index is -0.789. The molecule has 11 nitrogen and oxygen atoms in total. The van der Waals surface area contributed by atoms with Crippen LogP contribution < -0.4 is 10.9 Å². The van der Waals surface area contributed by atoms with Gasteiger partial charge in [0.2, 0.25) is 5.88 Å². The highest BCUT2D eigenvalue weighted by Gasteiger charge is 2.25. The van der Waals surface area contributed by atoms with Gasteiger partial charge in [-0.25, -0.2) is 9.59 Å². The number of alkyl carbamates (subject to hydrolysis) is 1. The van der Waals surface area contributed by atoms with Crippen molar-refractivity contribution in [3.05, 3.63) is 93.3 Å². The van der Waals surface area contributed by atoms with E-state index in [1.54, 1.807) is 24.3 Å². The molecule has 1 unspecified atom stereocenters. The van der Waals surface area contributed by atoms with E-state index in [1.807, 2.05) is 51.1 Å². The van der Waals surface area contributed by atoms with E-state index < -0.39 is 29.0 Å². The summed E-state index contributed by atoms with van der Waals surface area (Å²) in [7, 11) is 0. The van der Waals surface area contributed by atoms with Crippen molar-refractivity contribution in [3.8, 4) is 11.9 Å². The first-order valence-electron chi connectivity index (χ1n) is 16.1. The van der Waals surface area contributed by atoms with Gasteiger partial charge in [-0.2, -0.15) is 5.26 Å². The van der Waals surface area contributed by atoms with Gasteiger partial charge in [-0.15, -0.1) is 10.2 Å². The number of nitrogens with zero attached hydrogens (tertiary/aromatic N) is 4. The van der Waals surface area contributed by atoms with Crippen molar-refractivity contribution in [2.24, 2.45) is 16.1 Å². The fraction of sp³-hybridized carbons (Fsp3) is 0.405. The molecule has 3 rings (SSSR count). The Morgan fingerprint density at radius 2 is 1.85 bits per heavy atom. The second-order valence-corrected chi connectivity index (χ2v) is 12.2. The molecule has 0 bridgehead atoms. The first kappa shape index (κ1) is 37.2. The van der Waals surface area contributed by atoms with Crippen molar-refractivity contribution in [2.45, 2.75) is 79.3 Å². The maximum Gasteiger partial charge on any atom is 0.407 e. The molecule has 11 heteroatoms. The molecule has 1 heterocycles. The second-order valence-electron chi connectivity index (χ2n) is 12.2. The number of carbonyl (C=O) groups excluding carboxylic acids is 2. The van der Waals surface area contributed by atoms with Crippen molar-refractivity contribution in [1.82, 2.24) is 9.88 Å². The number of benzene rings is 2. The van der Waals surface area contributed by atoms with Crippen LogP contribution in [0.15, 0.2) is 70.1 Å². The number of pyridine rings is 1. The minimum absolute atomic E-state index is 0.110. The third-order valence-electron chi connectivity index (χ3n) is 8.18. The van der Waals surface area contributed by atoms with E-state index >= 15 is 0 Å². The number of esters is 1. The zero-order valence-electron chi connectivity index (χ0n) is 28.6. The molecule has 0 aliphatic rings. The highest BCUT2D eigenvalue weighted by Crippen LogP contribution is 2.33. The van der Waals surface area contributed by atoms with Gasteiger partial charge in [-0.1, -0.05) is 75.6 Å². The molecule has 0 aliphatic carbocycles. The van der Waals surface area contributed by atoms with Crippen LogP contribution in [0, 0.1) is 24.2 Å². The fourth-order valence-electron chi connectivity index (χ4n) is 5.04. The number of unbranched alkanes of at least 4 members (excludes halogenated alkanes) is 1. The maximum absolute atomic E-state index is 13.1. The molecule has 0 saturated heterocycles. The number of amides is 1. The van der Waals surface area contributed by atoms with E-state index in [0.29, 0.717) is 0 Å². The highest BCUT2D eigenvalue weighted by molar-refractivity contribution is 5.94. The van der Waals surface area contributed by atoms with Crippen molar-refractivity contribution in [3.63, 3.8) is 0 Å². The molecule has 254 valence electrons. The molecule has 0 fully saturated rings. The van der Waals surface area contributed by atoms with E-state index in [9.17, 15) is 24.8 Å². The predicted molar refractivity (Wildman–Crippen MR) is 185 cm³/mol. The van der Waals surface area contributed by atoms with E-state index in [2.05, 4.69) is 36.0 Å². The van der Waals surface area contributed by atoms with Gasteiger partial charge in [-0.3, -0.25) is 9.36 Å². The third kappa shape index (κ3) is 9.41. The van der Waals surface area contributed by atoms with E-state index in [-0.39, 0.29) is 53.7 Å².